The predicted molar refractivity (Wildman–Crippen MR) is 95.7 cm³/mol. The molecule has 0 aromatic heterocycles. The summed E-state index contributed by atoms with van der Waals surface area (Å²) >= 11 is 0. The van der Waals surface area contributed by atoms with E-state index in [1.165, 1.54) is 45.9 Å². The molecule has 0 unspecified atom stereocenters. The Morgan fingerprint density at radius 2 is 0.833 bits per heavy atom. The van der Waals surface area contributed by atoms with E-state index < -0.39 is 20.2 Å². The topological polar surface area (TPSA) is 109 Å². The van der Waals surface area contributed by atoms with Crippen molar-refractivity contribution in [3.05, 3.63) is 48.5 Å². The summed E-state index contributed by atoms with van der Waals surface area (Å²) in [4.78, 5) is 1.16. The Morgan fingerprint density at radius 3 is 1.04 bits per heavy atom. The summed E-state index contributed by atoms with van der Waals surface area (Å²) in [5, 5.41) is 0. The first-order valence-electron chi connectivity index (χ1n) is 5.66. The third-order valence-electron chi connectivity index (χ3n) is 2.48. The molecule has 0 aliphatic carbocycles. The minimum atomic E-state index is -4.20. The zero-order chi connectivity index (χ0) is 16.4. The molecule has 2 radical (unpaired) electrons. The summed E-state index contributed by atoms with van der Waals surface area (Å²) < 4.78 is 61.4. The summed E-state index contributed by atoms with van der Waals surface area (Å²) in [6.07, 6.45) is 0. The van der Waals surface area contributed by atoms with Crippen LogP contribution in [0.2, 0.25) is 0 Å². The summed E-state index contributed by atoms with van der Waals surface area (Å²) in [5.74, 6) is 0. The average Bonchev–Trinajstić information content (AvgIpc) is 2.44. The van der Waals surface area contributed by atoms with Gasteiger partial charge in [0.05, 0.1) is 9.79 Å². The third kappa shape index (κ3) is 7.68. The van der Waals surface area contributed by atoms with Crippen molar-refractivity contribution in [1.29, 1.82) is 0 Å². The van der Waals surface area contributed by atoms with Crippen LogP contribution in [0.4, 0.5) is 0 Å². The van der Waals surface area contributed by atoms with E-state index in [0.29, 0.717) is 0 Å². The van der Waals surface area contributed by atoms with Gasteiger partial charge < -0.3 is 0 Å². The van der Waals surface area contributed by atoms with Crippen molar-refractivity contribution in [3.8, 4) is 0 Å². The summed E-state index contributed by atoms with van der Waals surface area (Å²) in [6.45, 7) is 0. The first-order chi connectivity index (χ1) is 10.2. The summed E-state index contributed by atoms with van der Waals surface area (Å²) in [6, 6.07) is 11.4. The van der Waals surface area contributed by atoms with Gasteiger partial charge in [-0.1, -0.05) is 21.6 Å². The molecule has 120 valence electrons. The Kier molecular flexibility index (Phi) is 10.7. The van der Waals surface area contributed by atoms with Crippen LogP contribution in [0.1, 0.15) is 0 Å². The average molecular weight is 424 g/mol. The maximum Gasteiger partial charge on any atom is 0.294 e. The van der Waals surface area contributed by atoms with Gasteiger partial charge in [0.15, 0.2) is 0 Å². The van der Waals surface area contributed by atoms with Gasteiger partial charge in [-0.05, 0) is 48.5 Å². The molecule has 0 bridgehead atoms. The van der Waals surface area contributed by atoms with Crippen molar-refractivity contribution >= 4 is 101 Å². The molecule has 0 saturated carbocycles. The molecule has 0 amide bonds. The van der Waals surface area contributed by atoms with Gasteiger partial charge in [-0.25, -0.2) is 0 Å². The van der Waals surface area contributed by atoms with Gasteiger partial charge in [-0.15, -0.1) is 0 Å². The fourth-order valence-corrected chi connectivity index (χ4v) is 4.32. The van der Waals surface area contributed by atoms with Crippen molar-refractivity contribution in [2.45, 2.75) is 19.6 Å². The molecule has 0 saturated heterocycles. The largest absolute Gasteiger partial charge is 0.294 e. The van der Waals surface area contributed by atoms with Crippen LogP contribution in [0, 0.1) is 0 Å². The minimum absolute atomic E-state index is 0. The van der Waals surface area contributed by atoms with Crippen LogP contribution in [-0.4, -0.2) is 85.1 Å². The van der Waals surface area contributed by atoms with Gasteiger partial charge in [-0.3, -0.25) is 9.11 Å². The monoisotopic (exact) mass is 424 g/mol. The maximum atomic E-state index is 10.9. The number of hydrogen-bond acceptors (Lipinski definition) is 6. The Hall–Kier alpha value is 0.960. The minimum Gasteiger partial charge on any atom is -0.282 e. The number of benzene rings is 2. The van der Waals surface area contributed by atoms with Crippen LogP contribution < -0.4 is 0 Å². The SMILES string of the molecule is O=S(=O)(O)c1ccc(SSc2ccc(S(=O)(=O)O)cc2)cc1.[Na].[Na]. The molecule has 6 nitrogen and oxygen atoms in total. The van der Waals surface area contributed by atoms with Crippen molar-refractivity contribution in [1.82, 2.24) is 0 Å². The first kappa shape index (κ1) is 25.0. The molecule has 24 heavy (non-hydrogen) atoms. The van der Waals surface area contributed by atoms with Crippen LogP contribution in [0.25, 0.3) is 0 Å². The fraction of sp³-hybridized carbons (Fsp3) is 0. The number of hydrogen-bond donors (Lipinski definition) is 2. The normalized spacial score (nSPS) is 11.2. The fourth-order valence-electron chi connectivity index (χ4n) is 1.43. The second-order valence-corrected chi connectivity index (χ2v) is 9.18. The van der Waals surface area contributed by atoms with E-state index in [2.05, 4.69) is 0 Å². The van der Waals surface area contributed by atoms with E-state index >= 15 is 0 Å². The van der Waals surface area contributed by atoms with Gasteiger partial charge in [0.25, 0.3) is 20.2 Å². The van der Waals surface area contributed by atoms with E-state index in [1.54, 1.807) is 24.3 Å². The second-order valence-electron chi connectivity index (χ2n) is 4.06. The van der Waals surface area contributed by atoms with E-state index in [9.17, 15) is 16.8 Å². The molecule has 2 N–H and O–H groups in total. The van der Waals surface area contributed by atoms with Crippen LogP contribution in [0.15, 0.2) is 68.1 Å². The Balaban J connectivity index is 0.00000264. The summed E-state index contributed by atoms with van der Waals surface area (Å²) in [5.41, 5.74) is 0. The van der Waals surface area contributed by atoms with Crippen molar-refractivity contribution in [2.75, 3.05) is 0 Å². The van der Waals surface area contributed by atoms with Crippen LogP contribution >= 0.6 is 21.6 Å². The molecule has 0 fully saturated rings. The first-order valence-corrected chi connectivity index (χ1v) is 10.7. The quantitative estimate of drug-likeness (QED) is 0.427. The molecule has 2 aromatic carbocycles. The van der Waals surface area contributed by atoms with E-state index in [4.69, 9.17) is 9.11 Å². The zero-order valence-electron chi connectivity index (χ0n) is 12.8. The molecular formula is C12H10Na2O6S4. The zero-order valence-corrected chi connectivity index (χ0v) is 20.0. The molecule has 0 spiro atoms. The third-order valence-corrected chi connectivity index (χ3v) is 6.63. The van der Waals surface area contributed by atoms with Crippen LogP contribution in [-0.2, 0) is 20.2 Å². The van der Waals surface area contributed by atoms with Crippen molar-refractivity contribution in [2.24, 2.45) is 0 Å². The molecule has 0 heterocycles. The number of rotatable bonds is 5. The molecule has 0 aliphatic heterocycles. The molecule has 2 rings (SSSR count). The second kappa shape index (κ2) is 10.3. The summed E-state index contributed by atoms with van der Waals surface area (Å²) in [7, 11) is -5.74. The molecular weight excluding hydrogens is 414 g/mol. The van der Waals surface area contributed by atoms with Gasteiger partial charge in [0, 0.05) is 68.9 Å². The molecule has 12 heteroatoms. The molecule has 0 atom stereocenters. The van der Waals surface area contributed by atoms with Crippen molar-refractivity contribution < 1.29 is 25.9 Å². The van der Waals surface area contributed by atoms with E-state index in [1.807, 2.05) is 0 Å². The van der Waals surface area contributed by atoms with E-state index in [-0.39, 0.29) is 68.9 Å². The van der Waals surface area contributed by atoms with Gasteiger partial charge in [0.2, 0.25) is 0 Å². The van der Waals surface area contributed by atoms with Gasteiger partial charge in [-0.2, -0.15) is 16.8 Å². The van der Waals surface area contributed by atoms with Gasteiger partial charge in [0.1, 0.15) is 0 Å². The smallest absolute Gasteiger partial charge is 0.282 e. The Labute approximate surface area is 192 Å². The maximum absolute atomic E-state index is 10.9. The van der Waals surface area contributed by atoms with Crippen LogP contribution in [0.3, 0.4) is 0 Å². The molecule has 2 aromatic rings. The Bertz CT molecular complexity index is 789. The van der Waals surface area contributed by atoms with Crippen LogP contribution in [0.5, 0.6) is 0 Å². The van der Waals surface area contributed by atoms with E-state index in [0.717, 1.165) is 9.79 Å². The standard InChI is InChI=1S/C12H10O6S4.2Na/c13-21(14,15)11-5-1-9(2-6-11)19-20-10-3-7-12(8-4-10)22(16,17)18;;/h1-8H,(H,13,14,15)(H,16,17,18);;. The van der Waals surface area contributed by atoms with Gasteiger partial charge >= 0.3 is 0 Å². The Morgan fingerprint density at radius 1 is 0.583 bits per heavy atom. The molecule has 0 aliphatic rings. The predicted octanol–water partition coefficient (Wildman–Crippen LogP) is 2.22. The van der Waals surface area contributed by atoms with Crippen molar-refractivity contribution in [3.63, 3.8) is 0 Å².